The highest BCUT2D eigenvalue weighted by molar-refractivity contribution is 5.81. The van der Waals surface area contributed by atoms with Crippen molar-refractivity contribution in [3.05, 3.63) is 0 Å². The molecule has 0 aromatic carbocycles. The van der Waals surface area contributed by atoms with E-state index in [0.29, 0.717) is 12.8 Å². The molecule has 2 aliphatic carbocycles. The van der Waals surface area contributed by atoms with Crippen molar-refractivity contribution >= 4 is 5.97 Å². The predicted octanol–water partition coefficient (Wildman–Crippen LogP) is 0.769. The zero-order valence-corrected chi connectivity index (χ0v) is 7.68. The first kappa shape index (κ1) is 8.94. The van der Waals surface area contributed by atoms with Gasteiger partial charge in [-0.2, -0.15) is 0 Å². The Labute approximate surface area is 76.4 Å². The largest absolute Gasteiger partial charge is 0.467 e. The van der Waals surface area contributed by atoms with Crippen LogP contribution in [0.1, 0.15) is 25.7 Å². The molecule has 74 valence electrons. The Bertz CT molecular complexity index is 240. The van der Waals surface area contributed by atoms with E-state index >= 15 is 0 Å². The molecule has 2 saturated carbocycles. The van der Waals surface area contributed by atoms with Crippen LogP contribution in [0.3, 0.4) is 0 Å². The molecule has 0 aromatic rings. The Hall–Kier alpha value is -0.640. The van der Waals surface area contributed by atoms with E-state index in [9.17, 15) is 9.18 Å². The average molecular weight is 187 g/mol. The average Bonchev–Trinajstić information content (AvgIpc) is 1.97. The third-order valence-electron chi connectivity index (χ3n) is 3.25. The van der Waals surface area contributed by atoms with Crippen molar-refractivity contribution in [2.45, 2.75) is 37.4 Å². The van der Waals surface area contributed by atoms with Crippen molar-refractivity contribution in [1.29, 1.82) is 0 Å². The number of rotatable bonds is 1. The van der Waals surface area contributed by atoms with Gasteiger partial charge >= 0.3 is 5.97 Å². The SMILES string of the molecule is COC(=O)C1(F)CC2(CC(N)C2)C1. The molecule has 0 bridgehead atoms. The van der Waals surface area contributed by atoms with Crippen LogP contribution in [0.5, 0.6) is 0 Å². The second-order valence-corrected chi connectivity index (χ2v) is 4.48. The molecule has 4 heteroatoms. The number of alkyl halides is 1. The summed E-state index contributed by atoms with van der Waals surface area (Å²) >= 11 is 0. The lowest BCUT2D eigenvalue weighted by molar-refractivity contribution is -0.184. The van der Waals surface area contributed by atoms with Gasteiger partial charge in [0.05, 0.1) is 7.11 Å². The number of hydrogen-bond acceptors (Lipinski definition) is 3. The van der Waals surface area contributed by atoms with Gasteiger partial charge in [-0.15, -0.1) is 0 Å². The monoisotopic (exact) mass is 187 g/mol. The van der Waals surface area contributed by atoms with Crippen LogP contribution < -0.4 is 5.73 Å². The Morgan fingerprint density at radius 2 is 2.08 bits per heavy atom. The van der Waals surface area contributed by atoms with Gasteiger partial charge in [-0.05, 0) is 31.1 Å². The van der Waals surface area contributed by atoms with Crippen molar-refractivity contribution in [3.8, 4) is 0 Å². The van der Waals surface area contributed by atoms with Crippen molar-refractivity contribution in [2.75, 3.05) is 7.11 Å². The van der Waals surface area contributed by atoms with Gasteiger partial charge in [-0.25, -0.2) is 9.18 Å². The lowest BCUT2D eigenvalue weighted by Gasteiger charge is -2.58. The van der Waals surface area contributed by atoms with E-state index in [4.69, 9.17) is 5.73 Å². The van der Waals surface area contributed by atoms with Gasteiger partial charge in [0.15, 0.2) is 0 Å². The van der Waals surface area contributed by atoms with E-state index in [1.807, 2.05) is 0 Å². The summed E-state index contributed by atoms with van der Waals surface area (Å²) in [7, 11) is 1.22. The molecular formula is C9H14FNO2. The van der Waals surface area contributed by atoms with Gasteiger partial charge < -0.3 is 10.5 Å². The summed E-state index contributed by atoms with van der Waals surface area (Å²) in [5.41, 5.74) is 3.94. The quantitative estimate of drug-likeness (QED) is 0.617. The summed E-state index contributed by atoms with van der Waals surface area (Å²) in [6, 6.07) is 0.210. The first-order chi connectivity index (χ1) is 6.00. The first-order valence-corrected chi connectivity index (χ1v) is 4.53. The maximum absolute atomic E-state index is 13.6. The molecule has 2 N–H and O–H groups in total. The molecule has 0 aliphatic heterocycles. The van der Waals surface area contributed by atoms with Gasteiger partial charge in [0, 0.05) is 6.04 Å². The number of carbonyl (C=O) groups is 1. The maximum Gasteiger partial charge on any atom is 0.343 e. The lowest BCUT2D eigenvalue weighted by Crippen LogP contribution is -2.62. The second kappa shape index (κ2) is 2.44. The highest BCUT2D eigenvalue weighted by atomic mass is 19.1. The van der Waals surface area contributed by atoms with E-state index in [1.54, 1.807) is 0 Å². The summed E-state index contributed by atoms with van der Waals surface area (Å²) in [4.78, 5) is 11.0. The molecule has 0 amide bonds. The molecule has 0 radical (unpaired) electrons. The normalized spacial score (nSPS) is 48.1. The van der Waals surface area contributed by atoms with E-state index in [2.05, 4.69) is 4.74 Å². The summed E-state index contributed by atoms with van der Waals surface area (Å²) < 4.78 is 18.0. The fourth-order valence-corrected chi connectivity index (χ4v) is 2.81. The number of hydrogen-bond donors (Lipinski definition) is 1. The highest BCUT2D eigenvalue weighted by Crippen LogP contribution is 2.61. The molecular weight excluding hydrogens is 173 g/mol. The number of nitrogens with two attached hydrogens (primary N) is 1. The molecule has 0 aromatic heterocycles. The van der Waals surface area contributed by atoms with Gasteiger partial charge in [0.2, 0.25) is 5.67 Å². The molecule has 0 unspecified atom stereocenters. The van der Waals surface area contributed by atoms with Crippen LogP contribution >= 0.6 is 0 Å². The van der Waals surface area contributed by atoms with Crippen LogP contribution in [-0.2, 0) is 9.53 Å². The number of halogens is 1. The number of carbonyl (C=O) groups excluding carboxylic acids is 1. The van der Waals surface area contributed by atoms with Crippen LogP contribution in [0.15, 0.2) is 0 Å². The fourth-order valence-electron chi connectivity index (χ4n) is 2.81. The molecule has 13 heavy (non-hydrogen) atoms. The second-order valence-electron chi connectivity index (χ2n) is 4.48. The Morgan fingerprint density at radius 1 is 1.54 bits per heavy atom. The minimum absolute atomic E-state index is 0.0301. The lowest BCUT2D eigenvalue weighted by atomic mass is 9.49. The van der Waals surface area contributed by atoms with Crippen molar-refractivity contribution in [1.82, 2.24) is 0 Å². The Balaban J connectivity index is 1.93. The number of methoxy groups -OCH3 is 1. The van der Waals surface area contributed by atoms with Gasteiger partial charge in [-0.1, -0.05) is 0 Å². The first-order valence-electron chi connectivity index (χ1n) is 4.53. The molecule has 0 atom stereocenters. The Kier molecular flexibility index (Phi) is 1.68. The summed E-state index contributed by atoms with van der Waals surface area (Å²) in [5.74, 6) is -0.724. The highest BCUT2D eigenvalue weighted by Gasteiger charge is 2.64. The zero-order valence-electron chi connectivity index (χ0n) is 7.68. The summed E-state index contributed by atoms with van der Waals surface area (Å²) in [6.07, 6.45) is 2.33. The summed E-state index contributed by atoms with van der Waals surface area (Å²) in [6.45, 7) is 0. The van der Waals surface area contributed by atoms with Crippen LogP contribution in [0.4, 0.5) is 4.39 Å². The van der Waals surface area contributed by atoms with Crippen LogP contribution in [-0.4, -0.2) is 24.8 Å². The van der Waals surface area contributed by atoms with Crippen molar-refractivity contribution < 1.29 is 13.9 Å². The zero-order chi connectivity index (χ0) is 9.69. The van der Waals surface area contributed by atoms with E-state index in [0.717, 1.165) is 12.8 Å². The van der Waals surface area contributed by atoms with E-state index in [-0.39, 0.29) is 11.5 Å². The van der Waals surface area contributed by atoms with E-state index in [1.165, 1.54) is 7.11 Å². The third-order valence-corrected chi connectivity index (χ3v) is 3.25. The van der Waals surface area contributed by atoms with Gasteiger partial charge in [0.25, 0.3) is 0 Å². The third kappa shape index (κ3) is 1.15. The number of ether oxygens (including phenoxy) is 1. The minimum atomic E-state index is -1.71. The molecule has 2 fully saturated rings. The number of esters is 1. The van der Waals surface area contributed by atoms with E-state index < -0.39 is 11.6 Å². The van der Waals surface area contributed by atoms with Crippen molar-refractivity contribution in [3.63, 3.8) is 0 Å². The summed E-state index contributed by atoms with van der Waals surface area (Å²) in [5, 5.41) is 0. The topological polar surface area (TPSA) is 52.3 Å². The predicted molar refractivity (Wildman–Crippen MR) is 44.7 cm³/mol. The smallest absolute Gasteiger partial charge is 0.343 e. The standard InChI is InChI=1S/C9H14FNO2/c1-13-7(12)9(10)4-8(5-9)2-6(11)3-8/h6H,2-5,11H2,1H3. The fraction of sp³-hybridized carbons (Fsp3) is 0.889. The van der Waals surface area contributed by atoms with Gasteiger partial charge in [-0.3, -0.25) is 0 Å². The Morgan fingerprint density at radius 3 is 2.46 bits per heavy atom. The molecule has 2 aliphatic rings. The van der Waals surface area contributed by atoms with Crippen LogP contribution in [0.25, 0.3) is 0 Å². The maximum atomic E-state index is 13.6. The molecule has 0 saturated heterocycles. The van der Waals surface area contributed by atoms with Crippen LogP contribution in [0.2, 0.25) is 0 Å². The molecule has 3 nitrogen and oxygen atoms in total. The van der Waals surface area contributed by atoms with Crippen LogP contribution in [0, 0.1) is 5.41 Å². The minimum Gasteiger partial charge on any atom is -0.467 e. The van der Waals surface area contributed by atoms with Crippen molar-refractivity contribution in [2.24, 2.45) is 11.1 Å². The molecule has 0 heterocycles. The molecule has 1 spiro atoms. The molecule has 2 rings (SSSR count). The van der Waals surface area contributed by atoms with Gasteiger partial charge in [0.1, 0.15) is 0 Å².